The molecule has 2 fully saturated rings. The standard InChI is InChI=1S/C11H20N2O3/c12-11(3-5-16-6-4-11)10(15)13-7-9(14)8-1-2-8/h8-9,14H,1-7,12H2,(H,13,15). The average molecular weight is 228 g/mol. The first-order valence-corrected chi connectivity index (χ1v) is 5.95. The minimum Gasteiger partial charge on any atom is -0.391 e. The SMILES string of the molecule is NC1(C(=O)NCC(O)C2CC2)CCOCC1. The van der Waals surface area contributed by atoms with Gasteiger partial charge in [-0.15, -0.1) is 0 Å². The summed E-state index contributed by atoms with van der Waals surface area (Å²) in [6, 6.07) is 0. The molecule has 0 aromatic heterocycles. The van der Waals surface area contributed by atoms with Gasteiger partial charge in [0, 0.05) is 19.8 Å². The molecule has 1 unspecified atom stereocenters. The van der Waals surface area contributed by atoms with Crippen LogP contribution in [0.5, 0.6) is 0 Å². The second-order valence-electron chi connectivity index (χ2n) is 4.88. The first-order valence-electron chi connectivity index (χ1n) is 5.95. The number of hydrogen-bond donors (Lipinski definition) is 3. The molecule has 5 nitrogen and oxygen atoms in total. The molecule has 1 aliphatic carbocycles. The highest BCUT2D eigenvalue weighted by molar-refractivity contribution is 5.86. The molecule has 5 heteroatoms. The monoisotopic (exact) mass is 228 g/mol. The summed E-state index contributed by atoms with van der Waals surface area (Å²) in [5.74, 6) is 0.221. The lowest BCUT2D eigenvalue weighted by molar-refractivity contribution is -0.130. The highest BCUT2D eigenvalue weighted by Gasteiger charge is 2.37. The van der Waals surface area contributed by atoms with Crippen LogP contribution in [0.2, 0.25) is 0 Å². The summed E-state index contributed by atoms with van der Waals surface area (Å²) in [7, 11) is 0. The fourth-order valence-electron chi connectivity index (χ4n) is 1.98. The molecule has 1 saturated carbocycles. The maximum absolute atomic E-state index is 11.9. The molecule has 16 heavy (non-hydrogen) atoms. The molecule has 0 aromatic rings. The van der Waals surface area contributed by atoms with Crippen LogP contribution in [0.3, 0.4) is 0 Å². The number of ether oxygens (including phenoxy) is 1. The molecule has 2 rings (SSSR count). The summed E-state index contributed by atoms with van der Waals surface area (Å²) >= 11 is 0. The van der Waals surface area contributed by atoms with E-state index in [4.69, 9.17) is 10.5 Å². The Bertz CT molecular complexity index is 260. The molecule has 2 aliphatic rings. The summed E-state index contributed by atoms with van der Waals surface area (Å²) in [5.41, 5.74) is 5.20. The number of carbonyl (C=O) groups excluding carboxylic acids is 1. The molecule has 1 amide bonds. The van der Waals surface area contributed by atoms with Gasteiger partial charge in [-0.25, -0.2) is 0 Å². The number of rotatable bonds is 4. The van der Waals surface area contributed by atoms with E-state index in [9.17, 15) is 9.90 Å². The second-order valence-corrected chi connectivity index (χ2v) is 4.88. The summed E-state index contributed by atoms with van der Waals surface area (Å²) in [5, 5.41) is 12.4. The van der Waals surface area contributed by atoms with Crippen LogP contribution in [0.15, 0.2) is 0 Å². The van der Waals surface area contributed by atoms with Crippen molar-refractivity contribution in [1.82, 2.24) is 5.32 Å². The Morgan fingerprint density at radius 1 is 1.50 bits per heavy atom. The van der Waals surface area contributed by atoms with Crippen molar-refractivity contribution in [3.63, 3.8) is 0 Å². The zero-order valence-electron chi connectivity index (χ0n) is 9.45. The summed E-state index contributed by atoms with van der Waals surface area (Å²) in [4.78, 5) is 11.9. The number of aliphatic hydroxyl groups excluding tert-OH is 1. The van der Waals surface area contributed by atoms with Crippen molar-refractivity contribution in [2.75, 3.05) is 19.8 Å². The smallest absolute Gasteiger partial charge is 0.240 e. The molecule has 0 spiro atoms. The van der Waals surface area contributed by atoms with Gasteiger partial charge in [0.25, 0.3) is 0 Å². The van der Waals surface area contributed by atoms with Crippen LogP contribution in [0.1, 0.15) is 25.7 Å². The predicted molar refractivity (Wildman–Crippen MR) is 58.7 cm³/mol. The number of carbonyl (C=O) groups is 1. The number of aliphatic hydroxyl groups is 1. The summed E-state index contributed by atoms with van der Waals surface area (Å²) in [6.07, 6.45) is 2.83. The van der Waals surface area contributed by atoms with Crippen molar-refractivity contribution < 1.29 is 14.6 Å². The van der Waals surface area contributed by atoms with E-state index in [1.807, 2.05) is 0 Å². The van der Waals surface area contributed by atoms with Crippen LogP contribution < -0.4 is 11.1 Å². The predicted octanol–water partition coefficient (Wildman–Crippen LogP) is -0.619. The van der Waals surface area contributed by atoms with Gasteiger partial charge in [-0.2, -0.15) is 0 Å². The number of hydrogen-bond acceptors (Lipinski definition) is 4. The highest BCUT2D eigenvalue weighted by atomic mass is 16.5. The van der Waals surface area contributed by atoms with Crippen molar-refractivity contribution in [2.45, 2.75) is 37.3 Å². The van der Waals surface area contributed by atoms with Crippen molar-refractivity contribution in [2.24, 2.45) is 11.7 Å². The maximum atomic E-state index is 11.9. The molecule has 1 saturated heterocycles. The lowest BCUT2D eigenvalue weighted by Gasteiger charge is -2.32. The third kappa shape index (κ3) is 2.72. The number of amides is 1. The molecule has 0 radical (unpaired) electrons. The fraction of sp³-hybridized carbons (Fsp3) is 0.909. The Labute approximate surface area is 95.3 Å². The van der Waals surface area contributed by atoms with Crippen LogP contribution in [0, 0.1) is 5.92 Å². The van der Waals surface area contributed by atoms with Crippen molar-refractivity contribution in [3.8, 4) is 0 Å². The summed E-state index contributed by atoms with van der Waals surface area (Å²) in [6.45, 7) is 1.40. The maximum Gasteiger partial charge on any atom is 0.240 e. The van der Waals surface area contributed by atoms with Gasteiger partial charge in [-0.1, -0.05) is 0 Å². The van der Waals surface area contributed by atoms with Crippen molar-refractivity contribution >= 4 is 5.91 Å². The molecule has 0 aromatic carbocycles. The van der Waals surface area contributed by atoms with Crippen LogP contribution in [0.25, 0.3) is 0 Å². The minimum atomic E-state index is -0.804. The van der Waals surface area contributed by atoms with Crippen LogP contribution >= 0.6 is 0 Å². The molecule has 0 bridgehead atoms. The average Bonchev–Trinajstić information content (AvgIpc) is 3.10. The van der Waals surface area contributed by atoms with E-state index in [1.54, 1.807) is 0 Å². The zero-order chi connectivity index (χ0) is 11.6. The Balaban J connectivity index is 1.77. The zero-order valence-corrected chi connectivity index (χ0v) is 9.45. The Morgan fingerprint density at radius 2 is 2.12 bits per heavy atom. The van der Waals surface area contributed by atoms with Gasteiger partial charge in [0.2, 0.25) is 5.91 Å². The Kier molecular flexibility index (Phi) is 3.47. The van der Waals surface area contributed by atoms with Gasteiger partial charge in [0.05, 0.1) is 11.6 Å². The highest BCUT2D eigenvalue weighted by Crippen LogP contribution is 2.32. The third-order valence-electron chi connectivity index (χ3n) is 3.48. The molecular formula is C11H20N2O3. The van der Waals surface area contributed by atoms with Crippen molar-refractivity contribution in [3.05, 3.63) is 0 Å². The van der Waals surface area contributed by atoms with E-state index in [0.717, 1.165) is 12.8 Å². The van der Waals surface area contributed by atoms with E-state index in [0.29, 0.717) is 38.5 Å². The number of nitrogens with one attached hydrogen (secondary N) is 1. The molecule has 1 heterocycles. The van der Waals surface area contributed by atoms with E-state index < -0.39 is 11.6 Å². The van der Waals surface area contributed by atoms with E-state index >= 15 is 0 Å². The first-order chi connectivity index (χ1) is 7.62. The summed E-state index contributed by atoms with van der Waals surface area (Å²) < 4.78 is 5.18. The molecule has 4 N–H and O–H groups in total. The molecule has 1 aliphatic heterocycles. The quantitative estimate of drug-likeness (QED) is 0.599. The minimum absolute atomic E-state index is 0.157. The Hall–Kier alpha value is -0.650. The molecular weight excluding hydrogens is 208 g/mol. The molecule has 1 atom stereocenters. The molecule has 92 valence electrons. The normalized spacial score (nSPS) is 26.1. The Morgan fingerprint density at radius 3 is 2.69 bits per heavy atom. The van der Waals surface area contributed by atoms with Gasteiger partial charge in [-0.05, 0) is 31.6 Å². The van der Waals surface area contributed by atoms with Gasteiger partial charge < -0.3 is 20.9 Å². The fourth-order valence-corrected chi connectivity index (χ4v) is 1.98. The van der Waals surface area contributed by atoms with Crippen LogP contribution in [0.4, 0.5) is 0 Å². The van der Waals surface area contributed by atoms with E-state index in [-0.39, 0.29) is 5.91 Å². The second kappa shape index (κ2) is 4.69. The lowest BCUT2D eigenvalue weighted by atomic mass is 9.90. The van der Waals surface area contributed by atoms with Gasteiger partial charge in [0.1, 0.15) is 0 Å². The third-order valence-corrected chi connectivity index (χ3v) is 3.48. The van der Waals surface area contributed by atoms with Crippen LogP contribution in [-0.4, -0.2) is 42.4 Å². The van der Waals surface area contributed by atoms with Gasteiger partial charge in [-0.3, -0.25) is 4.79 Å². The van der Waals surface area contributed by atoms with E-state index in [2.05, 4.69) is 5.32 Å². The first kappa shape index (κ1) is 11.8. The van der Waals surface area contributed by atoms with Gasteiger partial charge in [0.15, 0.2) is 0 Å². The topological polar surface area (TPSA) is 84.6 Å². The van der Waals surface area contributed by atoms with Crippen molar-refractivity contribution in [1.29, 1.82) is 0 Å². The number of nitrogens with two attached hydrogens (primary N) is 1. The van der Waals surface area contributed by atoms with Gasteiger partial charge >= 0.3 is 0 Å². The lowest BCUT2D eigenvalue weighted by Crippen LogP contribution is -2.57. The largest absolute Gasteiger partial charge is 0.391 e. The van der Waals surface area contributed by atoms with E-state index in [1.165, 1.54) is 0 Å². The van der Waals surface area contributed by atoms with Crippen LogP contribution in [-0.2, 0) is 9.53 Å².